The first kappa shape index (κ1) is 21.6. The largest absolute Gasteiger partial charge is 0.383 e. The van der Waals surface area contributed by atoms with Crippen LogP contribution in [0.2, 0.25) is 0 Å². The number of benzene rings is 1. The number of carbonyl (C=O) groups is 1. The van der Waals surface area contributed by atoms with Gasteiger partial charge in [-0.05, 0) is 57.9 Å². The first-order valence-corrected chi connectivity index (χ1v) is 10.6. The molecule has 1 fully saturated rings. The summed E-state index contributed by atoms with van der Waals surface area (Å²) in [6.45, 7) is 15.5. The number of aryl methyl sites for hydroxylation is 2. The molecule has 0 radical (unpaired) electrons. The quantitative estimate of drug-likeness (QED) is 0.664. The summed E-state index contributed by atoms with van der Waals surface area (Å²) in [5, 5.41) is 0. The monoisotopic (exact) mass is 397 g/mol. The number of nitrogens with zero attached hydrogens (tertiary/aromatic N) is 3. The minimum Gasteiger partial charge on any atom is -0.383 e. The Hall–Kier alpha value is -2.11. The Balaban J connectivity index is 1.63. The normalized spacial score (nSPS) is 16.3. The molecule has 1 aromatic heterocycles. The van der Waals surface area contributed by atoms with Crippen molar-refractivity contribution < 1.29 is 9.53 Å². The van der Waals surface area contributed by atoms with Gasteiger partial charge in [-0.15, -0.1) is 0 Å². The van der Waals surface area contributed by atoms with Gasteiger partial charge >= 0.3 is 0 Å². The molecule has 2 heterocycles. The van der Waals surface area contributed by atoms with Crippen LogP contribution in [0.1, 0.15) is 45.8 Å². The van der Waals surface area contributed by atoms with Crippen LogP contribution < -0.4 is 4.90 Å². The van der Waals surface area contributed by atoms with Crippen molar-refractivity contribution >= 4 is 11.5 Å². The zero-order chi connectivity index (χ0) is 21.1. The molecule has 5 heteroatoms. The fourth-order valence-corrected chi connectivity index (χ4v) is 4.57. The van der Waals surface area contributed by atoms with E-state index in [0.29, 0.717) is 13.2 Å². The van der Waals surface area contributed by atoms with E-state index in [4.69, 9.17) is 4.74 Å². The van der Waals surface area contributed by atoms with Gasteiger partial charge < -0.3 is 14.2 Å². The lowest BCUT2D eigenvalue weighted by Crippen LogP contribution is -2.48. The molecule has 1 aromatic carbocycles. The summed E-state index contributed by atoms with van der Waals surface area (Å²) >= 11 is 0. The average Bonchev–Trinajstić information content (AvgIpc) is 2.99. The first-order chi connectivity index (χ1) is 13.8. The molecular formula is C24H35N3O2. The van der Waals surface area contributed by atoms with Crippen molar-refractivity contribution in [2.75, 3.05) is 51.3 Å². The Morgan fingerprint density at radius 2 is 1.79 bits per heavy atom. The third-order valence-electron chi connectivity index (χ3n) is 6.29. The van der Waals surface area contributed by atoms with Crippen molar-refractivity contribution in [1.82, 2.24) is 9.47 Å². The lowest BCUT2D eigenvalue weighted by atomic mass is 10.1. The van der Waals surface area contributed by atoms with Crippen LogP contribution in [0.4, 0.5) is 5.69 Å². The van der Waals surface area contributed by atoms with E-state index in [9.17, 15) is 4.79 Å². The highest BCUT2D eigenvalue weighted by atomic mass is 16.5. The molecule has 5 nitrogen and oxygen atoms in total. The Kier molecular flexibility index (Phi) is 6.81. The highest BCUT2D eigenvalue weighted by Gasteiger charge is 2.24. The molecule has 3 rings (SSSR count). The Labute approximate surface area is 175 Å². The second-order valence-electron chi connectivity index (χ2n) is 8.36. The Morgan fingerprint density at radius 3 is 2.45 bits per heavy atom. The fourth-order valence-electron chi connectivity index (χ4n) is 4.57. The molecule has 0 aliphatic carbocycles. The molecule has 0 spiro atoms. The minimum absolute atomic E-state index is 0.217. The number of rotatable bonds is 7. The molecule has 1 aliphatic heterocycles. The molecule has 29 heavy (non-hydrogen) atoms. The molecule has 0 saturated carbocycles. The van der Waals surface area contributed by atoms with E-state index < -0.39 is 0 Å². The summed E-state index contributed by atoms with van der Waals surface area (Å²) in [5.74, 6) is 0.217. The molecule has 1 saturated heterocycles. The molecule has 0 N–H and O–H groups in total. The van der Waals surface area contributed by atoms with Gasteiger partial charge in [0.1, 0.15) is 0 Å². The number of methoxy groups -OCH3 is 1. The predicted molar refractivity (Wildman–Crippen MR) is 119 cm³/mol. The molecule has 0 amide bonds. The van der Waals surface area contributed by atoms with Crippen LogP contribution in [-0.4, -0.2) is 61.7 Å². The maximum Gasteiger partial charge on any atom is 0.178 e. The maximum absolute atomic E-state index is 13.0. The van der Waals surface area contributed by atoms with Gasteiger partial charge in [0, 0.05) is 55.9 Å². The van der Waals surface area contributed by atoms with Gasteiger partial charge in [0.25, 0.3) is 0 Å². The van der Waals surface area contributed by atoms with Crippen molar-refractivity contribution in [3.63, 3.8) is 0 Å². The second kappa shape index (κ2) is 9.14. The van der Waals surface area contributed by atoms with Gasteiger partial charge in [0.05, 0.1) is 19.2 Å². The molecule has 0 unspecified atom stereocenters. The van der Waals surface area contributed by atoms with Crippen LogP contribution in [0.5, 0.6) is 0 Å². The van der Waals surface area contributed by atoms with E-state index in [2.05, 4.69) is 60.3 Å². The van der Waals surface area contributed by atoms with Crippen LogP contribution >= 0.6 is 0 Å². The van der Waals surface area contributed by atoms with Gasteiger partial charge in [0.15, 0.2) is 5.78 Å². The number of Topliss-reactive ketones (excluding diaryl/α,β-unsaturated/α-hetero) is 1. The molecule has 1 aliphatic rings. The number of ketones is 1. The zero-order valence-electron chi connectivity index (χ0n) is 18.8. The van der Waals surface area contributed by atoms with Gasteiger partial charge in [-0.1, -0.05) is 12.1 Å². The van der Waals surface area contributed by atoms with E-state index >= 15 is 0 Å². The van der Waals surface area contributed by atoms with Crippen molar-refractivity contribution in [3.05, 3.63) is 52.3 Å². The summed E-state index contributed by atoms with van der Waals surface area (Å²) in [4.78, 5) is 17.8. The van der Waals surface area contributed by atoms with Crippen molar-refractivity contribution in [2.45, 2.75) is 40.7 Å². The molecule has 158 valence electrons. The summed E-state index contributed by atoms with van der Waals surface area (Å²) < 4.78 is 7.52. The lowest BCUT2D eigenvalue weighted by Gasteiger charge is -2.36. The highest BCUT2D eigenvalue weighted by molar-refractivity contribution is 5.99. The van der Waals surface area contributed by atoms with E-state index in [1.54, 1.807) is 7.11 Å². The number of carbonyl (C=O) groups excluding carboxylic acids is 1. The number of ether oxygens (including phenoxy) is 1. The molecule has 2 aromatic rings. The minimum atomic E-state index is 0.217. The number of piperazine rings is 1. The van der Waals surface area contributed by atoms with Gasteiger partial charge in [-0.3, -0.25) is 9.69 Å². The number of aromatic nitrogens is 1. The van der Waals surface area contributed by atoms with E-state index in [1.165, 1.54) is 16.8 Å². The summed E-state index contributed by atoms with van der Waals surface area (Å²) in [7, 11) is 1.72. The molecule has 1 atom stereocenters. The van der Waals surface area contributed by atoms with Crippen LogP contribution in [0.3, 0.4) is 0 Å². The Bertz CT molecular complexity index is 863. The van der Waals surface area contributed by atoms with Crippen molar-refractivity contribution in [3.8, 4) is 0 Å². The Morgan fingerprint density at radius 1 is 1.10 bits per heavy atom. The SMILES string of the molecule is COC[C@@H](C)n1c(C)cc(C(=O)CN2CCN(c3cccc(C)c3C)CC2)c1C. The zero-order valence-corrected chi connectivity index (χ0v) is 18.8. The second-order valence-corrected chi connectivity index (χ2v) is 8.36. The lowest BCUT2D eigenvalue weighted by molar-refractivity contribution is 0.0925. The third-order valence-corrected chi connectivity index (χ3v) is 6.29. The van der Waals surface area contributed by atoms with Crippen molar-refractivity contribution in [1.29, 1.82) is 0 Å². The van der Waals surface area contributed by atoms with E-state index in [0.717, 1.165) is 43.1 Å². The maximum atomic E-state index is 13.0. The molecular weight excluding hydrogens is 362 g/mol. The van der Waals surface area contributed by atoms with Crippen LogP contribution in [0, 0.1) is 27.7 Å². The first-order valence-electron chi connectivity index (χ1n) is 10.6. The highest BCUT2D eigenvalue weighted by Crippen LogP contribution is 2.25. The van der Waals surface area contributed by atoms with Gasteiger partial charge in [-0.2, -0.15) is 0 Å². The third kappa shape index (κ3) is 4.57. The van der Waals surface area contributed by atoms with Crippen LogP contribution in [0.25, 0.3) is 0 Å². The molecule has 0 bridgehead atoms. The standard InChI is InChI=1S/C24H35N3O2/c1-17-8-7-9-23(20(17)4)26-12-10-25(11-13-26)15-24(28)22-14-18(2)27(21(22)5)19(3)16-29-6/h7-9,14,19H,10-13,15-16H2,1-6H3/t19-/m1/s1. The van der Waals surface area contributed by atoms with Crippen LogP contribution in [0.15, 0.2) is 24.3 Å². The predicted octanol–water partition coefficient (Wildman–Crippen LogP) is 3.93. The summed E-state index contributed by atoms with van der Waals surface area (Å²) in [5.41, 5.74) is 7.03. The van der Waals surface area contributed by atoms with E-state index in [-0.39, 0.29) is 11.8 Å². The van der Waals surface area contributed by atoms with Crippen LogP contribution in [-0.2, 0) is 4.74 Å². The van der Waals surface area contributed by atoms with Crippen molar-refractivity contribution in [2.24, 2.45) is 0 Å². The number of hydrogen-bond acceptors (Lipinski definition) is 4. The van der Waals surface area contributed by atoms with E-state index in [1.807, 2.05) is 13.0 Å². The van der Waals surface area contributed by atoms with Gasteiger partial charge in [0.2, 0.25) is 0 Å². The average molecular weight is 398 g/mol. The smallest absolute Gasteiger partial charge is 0.178 e. The number of anilines is 1. The van der Waals surface area contributed by atoms with Gasteiger partial charge in [-0.25, -0.2) is 0 Å². The summed E-state index contributed by atoms with van der Waals surface area (Å²) in [6, 6.07) is 8.77. The number of hydrogen-bond donors (Lipinski definition) is 0. The summed E-state index contributed by atoms with van der Waals surface area (Å²) in [6.07, 6.45) is 0. The fraction of sp³-hybridized carbons (Fsp3) is 0.542. The topological polar surface area (TPSA) is 37.7 Å².